The maximum Gasteiger partial charge on any atom is 0.260 e. The minimum atomic E-state index is -3.33. The van der Waals surface area contributed by atoms with Gasteiger partial charge in [-0.1, -0.05) is 13.0 Å². The monoisotopic (exact) mass is 524 g/mol. The van der Waals surface area contributed by atoms with Gasteiger partial charge in [0.15, 0.2) is 5.82 Å². The molecule has 196 valence electrons. The number of aromatic nitrogens is 4. The molecule has 0 aliphatic carbocycles. The van der Waals surface area contributed by atoms with Gasteiger partial charge in [0.05, 0.1) is 18.4 Å². The average molecular weight is 525 g/mol. The van der Waals surface area contributed by atoms with Crippen molar-refractivity contribution in [2.45, 2.75) is 58.5 Å². The van der Waals surface area contributed by atoms with Gasteiger partial charge in [0.1, 0.15) is 23.1 Å². The third-order valence-electron chi connectivity index (χ3n) is 7.11. The molecule has 0 saturated carbocycles. The SMILES string of the molecule is CCCS(=O)(=O)N1CCc2cc(OC)c(C(=O)Nc3cccc(-c4nnc5n4C(C)(C)CC5)n3)cc2C1. The molecule has 5 rings (SSSR count). The van der Waals surface area contributed by atoms with Gasteiger partial charge < -0.3 is 14.6 Å². The molecule has 0 saturated heterocycles. The van der Waals surface area contributed by atoms with Gasteiger partial charge in [-0.05, 0) is 68.5 Å². The van der Waals surface area contributed by atoms with E-state index in [0.29, 0.717) is 48.0 Å². The van der Waals surface area contributed by atoms with Gasteiger partial charge in [0, 0.05) is 25.0 Å². The van der Waals surface area contributed by atoms with E-state index in [0.717, 1.165) is 29.8 Å². The maximum atomic E-state index is 13.4. The zero-order valence-electron chi connectivity index (χ0n) is 21.6. The van der Waals surface area contributed by atoms with Crippen LogP contribution in [-0.2, 0) is 34.9 Å². The Balaban J connectivity index is 1.41. The van der Waals surface area contributed by atoms with Crippen LogP contribution < -0.4 is 10.1 Å². The smallest absolute Gasteiger partial charge is 0.260 e. The number of hydrogen-bond donors (Lipinski definition) is 1. The quantitative estimate of drug-likeness (QED) is 0.503. The molecular weight excluding hydrogens is 492 g/mol. The fraction of sp³-hybridized carbons (Fsp3) is 0.462. The Labute approximate surface area is 217 Å². The van der Waals surface area contributed by atoms with E-state index in [1.165, 1.54) is 11.4 Å². The first-order valence-electron chi connectivity index (χ1n) is 12.5. The molecule has 2 aliphatic rings. The Bertz CT molecular complexity index is 1460. The summed E-state index contributed by atoms with van der Waals surface area (Å²) in [7, 11) is -1.81. The summed E-state index contributed by atoms with van der Waals surface area (Å²) in [5.41, 5.74) is 2.64. The molecule has 0 radical (unpaired) electrons. The molecule has 0 spiro atoms. The number of ether oxygens (including phenoxy) is 1. The lowest BCUT2D eigenvalue weighted by atomic mass is 9.97. The fourth-order valence-electron chi connectivity index (χ4n) is 5.15. The molecule has 2 aliphatic heterocycles. The summed E-state index contributed by atoms with van der Waals surface area (Å²) in [6, 6.07) is 8.96. The minimum absolute atomic E-state index is 0.107. The van der Waals surface area contributed by atoms with Crippen molar-refractivity contribution in [1.29, 1.82) is 0 Å². The van der Waals surface area contributed by atoms with E-state index in [1.54, 1.807) is 12.1 Å². The number of sulfonamides is 1. The van der Waals surface area contributed by atoms with Gasteiger partial charge in [-0.15, -0.1) is 10.2 Å². The Hall–Kier alpha value is -3.31. The van der Waals surface area contributed by atoms with Crippen molar-refractivity contribution in [3.63, 3.8) is 0 Å². The van der Waals surface area contributed by atoms with Gasteiger partial charge in [-0.2, -0.15) is 4.31 Å². The molecule has 11 heteroatoms. The molecule has 0 bridgehead atoms. The number of rotatable bonds is 7. The first kappa shape index (κ1) is 25.3. The topological polar surface area (TPSA) is 119 Å². The maximum absolute atomic E-state index is 13.4. The van der Waals surface area contributed by atoms with Gasteiger partial charge in [0.2, 0.25) is 10.0 Å². The number of nitrogens with one attached hydrogen (secondary N) is 1. The second-order valence-corrected chi connectivity index (χ2v) is 12.3. The third-order valence-corrected chi connectivity index (χ3v) is 9.14. The van der Waals surface area contributed by atoms with Crippen molar-refractivity contribution in [3.8, 4) is 17.3 Å². The molecule has 4 heterocycles. The summed E-state index contributed by atoms with van der Waals surface area (Å²) in [4.78, 5) is 18.0. The standard InChI is InChI=1S/C26H32N6O4S/c1-5-13-37(34,35)31-12-10-17-15-21(36-4)19(14-18(17)16-31)25(33)28-22-8-6-7-20(27-22)24-30-29-23-9-11-26(2,3)32(23)24/h6-8,14-15H,5,9-13,16H2,1-4H3,(H,27,28,33). The Morgan fingerprint density at radius 2 is 1.97 bits per heavy atom. The highest BCUT2D eigenvalue weighted by Gasteiger charge is 2.34. The first-order valence-corrected chi connectivity index (χ1v) is 14.1. The average Bonchev–Trinajstić information content (AvgIpc) is 3.44. The van der Waals surface area contributed by atoms with Gasteiger partial charge in [-0.3, -0.25) is 4.79 Å². The fourth-order valence-corrected chi connectivity index (χ4v) is 6.63. The van der Waals surface area contributed by atoms with Crippen LogP contribution in [0.4, 0.5) is 5.82 Å². The Kier molecular flexibility index (Phi) is 6.53. The van der Waals surface area contributed by atoms with Crippen LogP contribution in [0.2, 0.25) is 0 Å². The molecule has 1 amide bonds. The van der Waals surface area contributed by atoms with E-state index in [1.807, 2.05) is 25.1 Å². The number of hydrogen-bond acceptors (Lipinski definition) is 7. The highest BCUT2D eigenvalue weighted by molar-refractivity contribution is 7.89. The summed E-state index contributed by atoms with van der Waals surface area (Å²) in [6.07, 6.45) is 2.98. The second-order valence-electron chi connectivity index (χ2n) is 10.2. The van der Waals surface area contributed by atoms with E-state index in [-0.39, 0.29) is 23.7 Å². The van der Waals surface area contributed by atoms with Crippen molar-refractivity contribution in [2.75, 3.05) is 24.7 Å². The Morgan fingerprint density at radius 1 is 1.16 bits per heavy atom. The van der Waals surface area contributed by atoms with Gasteiger partial charge >= 0.3 is 0 Å². The molecule has 0 unspecified atom stereocenters. The van der Waals surface area contributed by atoms with E-state index in [9.17, 15) is 13.2 Å². The molecule has 0 atom stereocenters. The number of methoxy groups -OCH3 is 1. The summed E-state index contributed by atoms with van der Waals surface area (Å²) >= 11 is 0. The Morgan fingerprint density at radius 3 is 2.73 bits per heavy atom. The van der Waals surface area contributed by atoms with Crippen LogP contribution in [0.25, 0.3) is 11.5 Å². The number of amides is 1. The number of pyridine rings is 1. The number of nitrogens with zero attached hydrogens (tertiary/aromatic N) is 5. The van der Waals surface area contributed by atoms with Crippen LogP contribution in [0.5, 0.6) is 5.75 Å². The highest BCUT2D eigenvalue weighted by atomic mass is 32.2. The summed E-state index contributed by atoms with van der Waals surface area (Å²) < 4.78 is 34.4. The highest BCUT2D eigenvalue weighted by Crippen LogP contribution is 2.35. The molecule has 0 fully saturated rings. The van der Waals surface area contributed by atoms with Crippen molar-refractivity contribution >= 4 is 21.7 Å². The third kappa shape index (κ3) is 4.73. The van der Waals surface area contributed by atoms with Crippen molar-refractivity contribution < 1.29 is 17.9 Å². The first-order chi connectivity index (χ1) is 17.6. The zero-order chi connectivity index (χ0) is 26.4. The van der Waals surface area contributed by atoms with Gasteiger partial charge in [-0.25, -0.2) is 13.4 Å². The number of benzene rings is 1. The van der Waals surface area contributed by atoms with E-state index in [2.05, 4.69) is 38.9 Å². The van der Waals surface area contributed by atoms with Crippen LogP contribution in [0, 0.1) is 0 Å². The van der Waals surface area contributed by atoms with Gasteiger partial charge in [0.25, 0.3) is 5.91 Å². The van der Waals surface area contributed by atoms with E-state index >= 15 is 0 Å². The largest absolute Gasteiger partial charge is 0.496 e. The minimum Gasteiger partial charge on any atom is -0.496 e. The molecule has 10 nitrogen and oxygen atoms in total. The summed E-state index contributed by atoms with van der Waals surface area (Å²) in [5.74, 6) is 2.15. The second kappa shape index (κ2) is 9.53. The number of aryl methyl sites for hydroxylation is 1. The normalized spacial score (nSPS) is 16.8. The molecule has 1 aromatic carbocycles. The molecule has 2 aromatic heterocycles. The van der Waals surface area contributed by atoms with Crippen molar-refractivity contribution in [1.82, 2.24) is 24.1 Å². The number of carbonyl (C=O) groups excluding carboxylic acids is 1. The van der Waals surface area contributed by atoms with Crippen molar-refractivity contribution in [3.05, 3.63) is 52.8 Å². The summed E-state index contributed by atoms with van der Waals surface area (Å²) in [5, 5.41) is 11.6. The van der Waals surface area contributed by atoms with Crippen LogP contribution in [0.3, 0.4) is 0 Å². The van der Waals surface area contributed by atoms with Crippen molar-refractivity contribution in [2.24, 2.45) is 0 Å². The molecular formula is C26H32N6O4S. The van der Waals surface area contributed by atoms with Crippen LogP contribution in [-0.4, -0.2) is 57.8 Å². The molecule has 3 aromatic rings. The molecule has 1 N–H and O–H groups in total. The van der Waals surface area contributed by atoms with Crippen LogP contribution >= 0.6 is 0 Å². The lowest BCUT2D eigenvalue weighted by Crippen LogP contribution is -2.37. The number of carbonyl (C=O) groups is 1. The molecule has 37 heavy (non-hydrogen) atoms. The predicted molar refractivity (Wildman–Crippen MR) is 140 cm³/mol. The zero-order valence-corrected chi connectivity index (χ0v) is 22.4. The number of anilines is 1. The van der Waals surface area contributed by atoms with Crippen LogP contribution in [0.1, 0.15) is 60.9 Å². The van der Waals surface area contributed by atoms with E-state index in [4.69, 9.17) is 4.74 Å². The van der Waals surface area contributed by atoms with Crippen LogP contribution in [0.15, 0.2) is 30.3 Å². The number of fused-ring (bicyclic) bond motifs is 2. The van der Waals surface area contributed by atoms with E-state index < -0.39 is 10.0 Å². The lowest BCUT2D eigenvalue weighted by molar-refractivity contribution is 0.102. The summed E-state index contributed by atoms with van der Waals surface area (Å²) in [6.45, 7) is 6.81. The predicted octanol–water partition coefficient (Wildman–Crippen LogP) is 3.38. The lowest BCUT2D eigenvalue weighted by Gasteiger charge is -2.29.